The summed E-state index contributed by atoms with van der Waals surface area (Å²) in [5, 5.41) is 0. The fourth-order valence-electron chi connectivity index (χ4n) is 2.30. The van der Waals surface area contributed by atoms with Gasteiger partial charge in [-0.2, -0.15) is 0 Å². The van der Waals surface area contributed by atoms with Crippen molar-refractivity contribution < 1.29 is 4.74 Å². The van der Waals surface area contributed by atoms with Crippen molar-refractivity contribution in [1.82, 2.24) is 14.3 Å². The van der Waals surface area contributed by atoms with Gasteiger partial charge in [-0.15, -0.1) is 0 Å². The molecule has 1 fully saturated rings. The van der Waals surface area contributed by atoms with Gasteiger partial charge in [0.25, 0.3) is 0 Å². The minimum Gasteiger partial charge on any atom is -0.396 e. The van der Waals surface area contributed by atoms with E-state index in [2.05, 4.69) is 16.1 Å². The van der Waals surface area contributed by atoms with Crippen molar-refractivity contribution in [2.75, 3.05) is 38.6 Å². The van der Waals surface area contributed by atoms with Gasteiger partial charge >= 0.3 is 0 Å². The van der Waals surface area contributed by atoms with Crippen LogP contribution in [-0.4, -0.2) is 47.1 Å². The van der Waals surface area contributed by atoms with E-state index in [0.717, 1.165) is 56.3 Å². The SMILES string of the molecule is Nc1cccn2cc(CCN3CCOCC3)nc12. The quantitative estimate of drug-likeness (QED) is 0.870. The number of aromatic nitrogens is 2. The van der Waals surface area contributed by atoms with E-state index in [1.165, 1.54) is 0 Å². The summed E-state index contributed by atoms with van der Waals surface area (Å²) >= 11 is 0. The van der Waals surface area contributed by atoms with Gasteiger partial charge in [-0.25, -0.2) is 4.98 Å². The molecular weight excluding hydrogens is 228 g/mol. The molecule has 0 bridgehead atoms. The molecule has 0 spiro atoms. The summed E-state index contributed by atoms with van der Waals surface area (Å²) in [6, 6.07) is 3.82. The smallest absolute Gasteiger partial charge is 0.160 e. The van der Waals surface area contributed by atoms with Crippen molar-refractivity contribution in [3.63, 3.8) is 0 Å². The predicted molar refractivity (Wildman–Crippen MR) is 70.6 cm³/mol. The van der Waals surface area contributed by atoms with E-state index in [4.69, 9.17) is 10.5 Å². The number of nitrogens with two attached hydrogens (primary N) is 1. The van der Waals surface area contributed by atoms with Gasteiger partial charge in [0.15, 0.2) is 5.65 Å². The second kappa shape index (κ2) is 4.96. The first-order valence-electron chi connectivity index (χ1n) is 6.35. The van der Waals surface area contributed by atoms with E-state index in [9.17, 15) is 0 Å². The maximum absolute atomic E-state index is 5.90. The van der Waals surface area contributed by atoms with Crippen molar-refractivity contribution in [1.29, 1.82) is 0 Å². The van der Waals surface area contributed by atoms with Gasteiger partial charge in [0.2, 0.25) is 0 Å². The fraction of sp³-hybridized carbons (Fsp3) is 0.462. The molecule has 0 atom stereocenters. The molecular formula is C13H18N4O. The second-order valence-corrected chi connectivity index (χ2v) is 4.63. The van der Waals surface area contributed by atoms with Gasteiger partial charge in [0.1, 0.15) is 0 Å². The van der Waals surface area contributed by atoms with E-state index in [1.54, 1.807) is 0 Å². The number of nitrogen functional groups attached to an aromatic ring is 1. The van der Waals surface area contributed by atoms with Gasteiger partial charge in [-0.1, -0.05) is 0 Å². The number of nitrogens with zero attached hydrogens (tertiary/aromatic N) is 3. The van der Waals surface area contributed by atoms with E-state index in [1.807, 2.05) is 22.7 Å². The van der Waals surface area contributed by atoms with Crippen LogP contribution in [0.2, 0.25) is 0 Å². The number of hydrogen-bond acceptors (Lipinski definition) is 4. The highest BCUT2D eigenvalue weighted by Crippen LogP contribution is 2.13. The lowest BCUT2D eigenvalue weighted by Crippen LogP contribution is -2.37. The third-order valence-corrected chi connectivity index (χ3v) is 3.35. The number of anilines is 1. The molecule has 18 heavy (non-hydrogen) atoms. The van der Waals surface area contributed by atoms with Crippen LogP contribution in [0.5, 0.6) is 0 Å². The molecule has 1 aliphatic heterocycles. The summed E-state index contributed by atoms with van der Waals surface area (Å²) in [6.07, 6.45) is 5.00. The van der Waals surface area contributed by atoms with Gasteiger partial charge in [0, 0.05) is 38.4 Å². The molecule has 2 aromatic rings. The summed E-state index contributed by atoms with van der Waals surface area (Å²) in [4.78, 5) is 6.99. The summed E-state index contributed by atoms with van der Waals surface area (Å²) < 4.78 is 7.33. The molecule has 1 saturated heterocycles. The number of imidazole rings is 1. The summed E-state index contributed by atoms with van der Waals surface area (Å²) in [5.41, 5.74) is 8.58. The maximum atomic E-state index is 5.90. The Morgan fingerprint density at radius 2 is 2.17 bits per heavy atom. The first-order valence-corrected chi connectivity index (χ1v) is 6.35. The summed E-state index contributed by atoms with van der Waals surface area (Å²) in [7, 11) is 0. The minimum atomic E-state index is 0.732. The molecule has 5 nitrogen and oxygen atoms in total. The molecule has 2 N–H and O–H groups in total. The number of fused-ring (bicyclic) bond motifs is 1. The summed E-state index contributed by atoms with van der Waals surface area (Å²) in [6.45, 7) is 4.77. The van der Waals surface area contributed by atoms with Gasteiger partial charge in [0.05, 0.1) is 24.6 Å². The molecule has 0 aromatic carbocycles. The topological polar surface area (TPSA) is 55.8 Å². The third kappa shape index (κ3) is 2.32. The van der Waals surface area contributed by atoms with Crippen molar-refractivity contribution in [3.05, 3.63) is 30.2 Å². The zero-order valence-electron chi connectivity index (χ0n) is 10.4. The molecule has 3 heterocycles. The Morgan fingerprint density at radius 3 is 2.94 bits per heavy atom. The van der Waals surface area contributed by atoms with Gasteiger partial charge in [-0.3, -0.25) is 4.90 Å². The Hall–Kier alpha value is -1.59. The molecule has 96 valence electrons. The van der Waals surface area contributed by atoms with Crippen LogP contribution in [0.1, 0.15) is 5.69 Å². The molecule has 5 heteroatoms. The molecule has 3 rings (SSSR count). The van der Waals surface area contributed by atoms with Crippen molar-refractivity contribution in [2.24, 2.45) is 0 Å². The zero-order chi connectivity index (χ0) is 12.4. The van der Waals surface area contributed by atoms with Crippen LogP contribution in [0.15, 0.2) is 24.5 Å². The van der Waals surface area contributed by atoms with Crippen molar-refractivity contribution in [2.45, 2.75) is 6.42 Å². The van der Waals surface area contributed by atoms with Crippen LogP contribution >= 0.6 is 0 Å². The Kier molecular flexibility index (Phi) is 3.17. The molecule has 2 aromatic heterocycles. The number of morpholine rings is 1. The highest BCUT2D eigenvalue weighted by atomic mass is 16.5. The first kappa shape index (κ1) is 11.5. The monoisotopic (exact) mass is 246 g/mol. The molecule has 1 aliphatic rings. The average Bonchev–Trinajstić information content (AvgIpc) is 2.82. The molecule has 0 radical (unpaired) electrons. The van der Waals surface area contributed by atoms with Crippen molar-refractivity contribution >= 4 is 11.3 Å². The molecule has 0 aliphatic carbocycles. The van der Waals surface area contributed by atoms with E-state index >= 15 is 0 Å². The van der Waals surface area contributed by atoms with Gasteiger partial charge < -0.3 is 14.9 Å². The number of rotatable bonds is 3. The molecule has 0 amide bonds. The molecule has 0 unspecified atom stereocenters. The van der Waals surface area contributed by atoms with E-state index < -0.39 is 0 Å². The third-order valence-electron chi connectivity index (χ3n) is 3.35. The lowest BCUT2D eigenvalue weighted by atomic mass is 10.3. The van der Waals surface area contributed by atoms with Crippen molar-refractivity contribution in [3.8, 4) is 0 Å². The van der Waals surface area contributed by atoms with Crippen LogP contribution in [0, 0.1) is 0 Å². The standard InChI is InChI=1S/C13H18N4O/c14-12-2-1-4-17-10-11(15-13(12)17)3-5-16-6-8-18-9-7-16/h1-2,4,10H,3,5-9,14H2. The normalized spacial score (nSPS) is 17.3. The first-order chi connectivity index (χ1) is 8.83. The maximum Gasteiger partial charge on any atom is 0.160 e. The molecule has 0 saturated carbocycles. The van der Waals surface area contributed by atoms with Crippen LogP contribution in [-0.2, 0) is 11.2 Å². The van der Waals surface area contributed by atoms with Crippen LogP contribution in [0.4, 0.5) is 5.69 Å². The Bertz CT molecular complexity index is 531. The number of ether oxygens (including phenoxy) is 1. The lowest BCUT2D eigenvalue weighted by molar-refractivity contribution is 0.0383. The van der Waals surface area contributed by atoms with Crippen LogP contribution < -0.4 is 5.73 Å². The van der Waals surface area contributed by atoms with E-state index in [0.29, 0.717) is 0 Å². The average molecular weight is 246 g/mol. The summed E-state index contributed by atoms with van der Waals surface area (Å²) in [5.74, 6) is 0. The van der Waals surface area contributed by atoms with Gasteiger partial charge in [-0.05, 0) is 12.1 Å². The Morgan fingerprint density at radius 1 is 1.33 bits per heavy atom. The Labute approximate surface area is 106 Å². The largest absolute Gasteiger partial charge is 0.396 e. The lowest BCUT2D eigenvalue weighted by Gasteiger charge is -2.26. The second-order valence-electron chi connectivity index (χ2n) is 4.63. The van der Waals surface area contributed by atoms with E-state index in [-0.39, 0.29) is 0 Å². The highest BCUT2D eigenvalue weighted by molar-refractivity contribution is 5.64. The van der Waals surface area contributed by atoms with Crippen LogP contribution in [0.25, 0.3) is 5.65 Å². The number of hydrogen-bond donors (Lipinski definition) is 1. The van der Waals surface area contributed by atoms with Crippen LogP contribution in [0.3, 0.4) is 0 Å². The zero-order valence-corrected chi connectivity index (χ0v) is 10.4. The predicted octanol–water partition coefficient (Wildman–Crippen LogP) is 0.791. The Balaban J connectivity index is 1.69. The highest BCUT2D eigenvalue weighted by Gasteiger charge is 2.11. The minimum absolute atomic E-state index is 0.732. The fourth-order valence-corrected chi connectivity index (χ4v) is 2.30. The number of pyridine rings is 1.